The summed E-state index contributed by atoms with van der Waals surface area (Å²) < 4.78 is 4.90. The van der Waals surface area contributed by atoms with Crippen molar-refractivity contribution >= 4 is 5.97 Å². The highest BCUT2D eigenvalue weighted by Crippen LogP contribution is 2.18. The molecule has 0 aromatic rings. The summed E-state index contributed by atoms with van der Waals surface area (Å²) in [5, 5.41) is 7.50. The molecule has 152 valence electrons. The van der Waals surface area contributed by atoms with E-state index < -0.39 is 0 Å². The first-order valence-corrected chi connectivity index (χ1v) is 10.6. The molecular formula is C20H38N2O4. The zero-order valence-electron chi connectivity index (χ0n) is 16.6. The van der Waals surface area contributed by atoms with Crippen LogP contribution in [0.1, 0.15) is 96.3 Å². The Morgan fingerprint density at radius 3 is 1.92 bits per heavy atom. The highest BCUT2D eigenvalue weighted by atomic mass is 17.3. The Morgan fingerprint density at radius 1 is 0.808 bits per heavy atom. The summed E-state index contributed by atoms with van der Waals surface area (Å²) in [7, 11) is 1.44. The van der Waals surface area contributed by atoms with E-state index in [1.807, 2.05) is 0 Å². The van der Waals surface area contributed by atoms with Gasteiger partial charge in [-0.1, -0.05) is 77.0 Å². The molecule has 1 aliphatic rings. The topological polar surface area (TPSA) is 69.5 Å². The molecule has 0 spiro atoms. The van der Waals surface area contributed by atoms with Crippen LogP contribution in [-0.2, 0) is 19.4 Å². The van der Waals surface area contributed by atoms with Crippen molar-refractivity contribution in [1.29, 1.82) is 0 Å². The summed E-state index contributed by atoms with van der Waals surface area (Å²) in [4.78, 5) is 21.6. The summed E-state index contributed by atoms with van der Waals surface area (Å²) >= 11 is 0. The fourth-order valence-corrected chi connectivity index (χ4v) is 3.38. The number of rotatable bonds is 1. The zero-order chi connectivity index (χ0) is 18.7. The molecule has 0 N–H and O–H groups in total. The lowest BCUT2D eigenvalue weighted by Gasteiger charge is -2.13. The van der Waals surface area contributed by atoms with Crippen molar-refractivity contribution in [2.75, 3.05) is 20.3 Å². The maximum Gasteiger partial charge on any atom is 0.308 e. The maximum absolute atomic E-state index is 11.9. The van der Waals surface area contributed by atoms with Gasteiger partial charge in [-0.25, -0.2) is 4.99 Å². The molecule has 6 heteroatoms. The van der Waals surface area contributed by atoms with E-state index in [0.717, 1.165) is 19.3 Å². The first kappa shape index (κ1) is 22.9. The minimum atomic E-state index is -0.162. The highest BCUT2D eigenvalue weighted by molar-refractivity contribution is 5.72. The van der Waals surface area contributed by atoms with E-state index in [1.54, 1.807) is 0 Å². The van der Waals surface area contributed by atoms with Crippen molar-refractivity contribution < 1.29 is 19.4 Å². The van der Waals surface area contributed by atoms with E-state index in [0.29, 0.717) is 19.6 Å². The van der Waals surface area contributed by atoms with E-state index >= 15 is 0 Å². The van der Waals surface area contributed by atoms with Crippen molar-refractivity contribution in [2.24, 2.45) is 16.3 Å². The van der Waals surface area contributed by atoms with Crippen LogP contribution in [0.2, 0.25) is 0 Å². The molecule has 1 atom stereocenters. The number of methoxy groups -OCH3 is 1. The first-order valence-electron chi connectivity index (χ1n) is 10.6. The van der Waals surface area contributed by atoms with Crippen LogP contribution in [0, 0.1) is 5.92 Å². The molecule has 1 unspecified atom stereocenters. The summed E-state index contributed by atoms with van der Waals surface area (Å²) in [6.07, 6.45) is 17.9. The monoisotopic (exact) mass is 370 g/mol. The molecule has 1 rings (SSSR count). The molecule has 1 heterocycles. The van der Waals surface area contributed by atoms with E-state index in [4.69, 9.17) is 14.6 Å². The van der Waals surface area contributed by atoms with Crippen LogP contribution >= 0.6 is 0 Å². The summed E-state index contributed by atoms with van der Waals surface area (Å²) in [6.45, 7) is 0.993. The molecule has 1 aliphatic heterocycles. The second kappa shape index (κ2) is 17.3. The van der Waals surface area contributed by atoms with Gasteiger partial charge in [0.05, 0.1) is 31.5 Å². The SMILES string of the molecule is COC(=O)C1CCCCCCCCCCCCCCCN=NOOCC1. The second-order valence-electron chi connectivity index (χ2n) is 7.24. The number of hydrogen-bond acceptors (Lipinski definition) is 6. The van der Waals surface area contributed by atoms with Crippen molar-refractivity contribution in [2.45, 2.75) is 96.3 Å². The van der Waals surface area contributed by atoms with E-state index in [1.165, 1.54) is 77.7 Å². The molecule has 6 nitrogen and oxygen atoms in total. The molecule has 0 aromatic carbocycles. The Morgan fingerprint density at radius 2 is 1.35 bits per heavy atom. The van der Waals surface area contributed by atoms with Crippen LogP contribution in [0.5, 0.6) is 0 Å². The van der Waals surface area contributed by atoms with Gasteiger partial charge in [-0.15, -0.1) is 0 Å². The largest absolute Gasteiger partial charge is 0.469 e. The van der Waals surface area contributed by atoms with Crippen LogP contribution in [0.15, 0.2) is 10.4 Å². The maximum atomic E-state index is 11.9. The van der Waals surface area contributed by atoms with Crippen molar-refractivity contribution in [3.05, 3.63) is 0 Å². The van der Waals surface area contributed by atoms with E-state index in [9.17, 15) is 4.79 Å². The Bertz CT molecular complexity index is 364. The average molecular weight is 371 g/mol. The molecule has 0 aromatic heterocycles. The molecule has 0 bridgehead atoms. The first-order chi connectivity index (χ1) is 12.8. The van der Waals surface area contributed by atoms with Gasteiger partial charge >= 0.3 is 5.97 Å². The van der Waals surface area contributed by atoms with E-state index in [-0.39, 0.29) is 11.9 Å². The molecule has 0 aliphatic carbocycles. The summed E-state index contributed by atoms with van der Waals surface area (Å²) in [5.74, 6) is -0.289. The third kappa shape index (κ3) is 13.1. The summed E-state index contributed by atoms with van der Waals surface area (Å²) in [5.41, 5.74) is 0. The molecule has 0 saturated heterocycles. The van der Waals surface area contributed by atoms with Crippen LogP contribution in [0.25, 0.3) is 0 Å². The lowest BCUT2D eigenvalue weighted by atomic mass is 9.97. The predicted octanol–water partition coefficient (Wildman–Crippen LogP) is 5.96. The van der Waals surface area contributed by atoms with Gasteiger partial charge in [0.15, 0.2) is 0 Å². The molecule has 0 amide bonds. The minimum Gasteiger partial charge on any atom is -0.469 e. The quantitative estimate of drug-likeness (QED) is 0.422. The van der Waals surface area contributed by atoms with Crippen molar-refractivity contribution in [3.63, 3.8) is 0 Å². The lowest BCUT2D eigenvalue weighted by molar-refractivity contribution is -0.304. The van der Waals surface area contributed by atoms with Crippen molar-refractivity contribution in [1.82, 2.24) is 0 Å². The Kier molecular flexibility index (Phi) is 15.2. The number of carbonyl (C=O) groups is 1. The summed E-state index contributed by atoms with van der Waals surface area (Å²) in [6, 6.07) is 0. The Labute approximate surface area is 158 Å². The molecule has 0 radical (unpaired) electrons. The number of nitrogens with zero attached hydrogens (tertiary/aromatic N) is 2. The lowest BCUT2D eigenvalue weighted by Crippen LogP contribution is -2.18. The van der Waals surface area contributed by atoms with Gasteiger partial charge in [-0.2, -0.15) is 10.0 Å². The van der Waals surface area contributed by atoms with Gasteiger partial charge in [0.2, 0.25) is 0 Å². The molecule has 26 heavy (non-hydrogen) atoms. The van der Waals surface area contributed by atoms with Crippen LogP contribution in [0.3, 0.4) is 0 Å². The predicted molar refractivity (Wildman–Crippen MR) is 102 cm³/mol. The Balaban J connectivity index is 2.30. The fourth-order valence-electron chi connectivity index (χ4n) is 3.38. The van der Waals surface area contributed by atoms with Crippen LogP contribution < -0.4 is 0 Å². The van der Waals surface area contributed by atoms with Crippen LogP contribution in [0.4, 0.5) is 0 Å². The second-order valence-corrected chi connectivity index (χ2v) is 7.24. The van der Waals surface area contributed by atoms with Gasteiger partial charge in [0, 0.05) is 0 Å². The minimum absolute atomic E-state index is 0.126. The van der Waals surface area contributed by atoms with Gasteiger partial charge in [-0.05, 0) is 19.3 Å². The van der Waals surface area contributed by atoms with E-state index in [2.05, 4.69) is 10.4 Å². The molecular weight excluding hydrogens is 332 g/mol. The number of carbonyl (C=O) groups excluding carboxylic acids is 1. The number of hydrogen-bond donors (Lipinski definition) is 0. The average Bonchev–Trinajstić information content (AvgIpc) is 2.66. The fraction of sp³-hybridized carbons (Fsp3) is 0.950. The zero-order valence-corrected chi connectivity index (χ0v) is 16.6. The van der Waals surface area contributed by atoms with Gasteiger partial charge < -0.3 is 4.74 Å². The van der Waals surface area contributed by atoms with Gasteiger partial charge in [0.25, 0.3) is 0 Å². The van der Waals surface area contributed by atoms with Gasteiger partial charge in [-0.3, -0.25) is 4.79 Å². The van der Waals surface area contributed by atoms with Crippen molar-refractivity contribution in [3.8, 4) is 0 Å². The number of esters is 1. The van der Waals surface area contributed by atoms with Gasteiger partial charge in [0.1, 0.15) is 0 Å². The normalized spacial score (nSPS) is 23.8. The third-order valence-corrected chi connectivity index (χ3v) is 5.04. The highest BCUT2D eigenvalue weighted by Gasteiger charge is 2.18. The van der Waals surface area contributed by atoms with Crippen LogP contribution in [-0.4, -0.2) is 26.2 Å². The molecule has 0 fully saturated rings. The smallest absolute Gasteiger partial charge is 0.308 e. The standard InChI is InChI=1S/C20H38N2O4/c1-24-20(23)19-15-13-11-9-7-5-3-2-4-6-8-10-12-14-17-21-22-26-25-18-16-19/h19H,2-18H2,1H3. The third-order valence-electron chi connectivity index (χ3n) is 5.04. The number of ether oxygens (including phenoxy) is 1. The molecule has 0 saturated carbocycles. The Hall–Kier alpha value is -1.17.